The van der Waals surface area contributed by atoms with Crippen molar-refractivity contribution in [2.45, 2.75) is 58.5 Å². The Labute approximate surface area is 110 Å². The third-order valence-corrected chi connectivity index (χ3v) is 3.17. The van der Waals surface area contributed by atoms with E-state index in [-0.39, 0.29) is 12.0 Å². The van der Waals surface area contributed by atoms with E-state index < -0.39 is 0 Å². The monoisotopic (exact) mass is 253 g/mol. The minimum Gasteiger partial charge on any atom is -0.396 e. The first-order chi connectivity index (χ1) is 8.38. The molecule has 0 saturated heterocycles. The number of aliphatic hydroxyl groups excluding tert-OH is 1. The Morgan fingerprint density at radius 1 is 1.44 bits per heavy atom. The number of nitrogens with zero attached hydrogens (tertiary/aromatic N) is 2. The van der Waals surface area contributed by atoms with Crippen molar-refractivity contribution in [3.05, 3.63) is 17.5 Å². The molecular weight excluding hydrogens is 226 g/mol. The molecule has 1 unspecified atom stereocenters. The van der Waals surface area contributed by atoms with E-state index in [1.54, 1.807) is 0 Å². The summed E-state index contributed by atoms with van der Waals surface area (Å²) < 4.78 is 1.88. The molecule has 0 aromatic carbocycles. The molecule has 1 rings (SSSR count). The average Bonchev–Trinajstić information content (AvgIpc) is 2.65. The number of hydrogen-bond acceptors (Lipinski definition) is 3. The van der Waals surface area contributed by atoms with Gasteiger partial charge in [0.2, 0.25) is 0 Å². The highest BCUT2D eigenvalue weighted by molar-refractivity contribution is 5.23. The van der Waals surface area contributed by atoms with Gasteiger partial charge in [0.25, 0.3) is 0 Å². The molecule has 0 aliphatic rings. The molecule has 0 amide bonds. The van der Waals surface area contributed by atoms with E-state index in [4.69, 9.17) is 5.11 Å². The van der Waals surface area contributed by atoms with Crippen LogP contribution in [0.15, 0.2) is 6.20 Å². The predicted octanol–water partition coefficient (Wildman–Crippen LogP) is 1.97. The first-order valence-electron chi connectivity index (χ1n) is 6.75. The molecule has 0 aliphatic carbocycles. The maximum absolute atomic E-state index is 9.00. The lowest BCUT2D eigenvalue weighted by Gasteiger charge is -2.20. The largest absolute Gasteiger partial charge is 0.396 e. The molecule has 0 bridgehead atoms. The van der Waals surface area contributed by atoms with Gasteiger partial charge in [0, 0.05) is 43.4 Å². The lowest BCUT2D eigenvalue weighted by Crippen LogP contribution is -2.29. The molecule has 1 atom stereocenters. The van der Waals surface area contributed by atoms with Crippen LogP contribution < -0.4 is 5.32 Å². The molecule has 0 aliphatic heterocycles. The van der Waals surface area contributed by atoms with Crippen LogP contribution in [0, 0.1) is 0 Å². The van der Waals surface area contributed by atoms with Crippen LogP contribution >= 0.6 is 0 Å². The van der Waals surface area contributed by atoms with Gasteiger partial charge in [-0.15, -0.1) is 0 Å². The number of rotatable bonds is 6. The molecule has 2 N–H and O–H groups in total. The highest BCUT2D eigenvalue weighted by Gasteiger charge is 2.21. The van der Waals surface area contributed by atoms with E-state index >= 15 is 0 Å². The van der Waals surface area contributed by atoms with Gasteiger partial charge < -0.3 is 10.4 Å². The molecule has 0 fully saturated rings. The molecule has 0 radical (unpaired) electrons. The van der Waals surface area contributed by atoms with Gasteiger partial charge in [-0.05, 0) is 12.8 Å². The zero-order valence-electron chi connectivity index (χ0n) is 12.3. The van der Waals surface area contributed by atoms with E-state index in [2.05, 4.69) is 44.3 Å². The van der Waals surface area contributed by atoms with Crippen molar-refractivity contribution in [3.8, 4) is 0 Å². The zero-order valence-corrected chi connectivity index (χ0v) is 12.3. The normalized spacial score (nSPS) is 13.9. The molecule has 0 saturated carbocycles. The lowest BCUT2D eigenvalue weighted by atomic mass is 9.89. The Morgan fingerprint density at radius 3 is 2.61 bits per heavy atom. The maximum Gasteiger partial charge on any atom is 0.0722 e. The molecule has 1 aromatic rings. The molecule has 104 valence electrons. The fourth-order valence-corrected chi connectivity index (χ4v) is 2.16. The second kappa shape index (κ2) is 6.34. The summed E-state index contributed by atoms with van der Waals surface area (Å²) >= 11 is 0. The first kappa shape index (κ1) is 15.2. The third-order valence-electron chi connectivity index (χ3n) is 3.17. The van der Waals surface area contributed by atoms with Crippen LogP contribution in [-0.4, -0.2) is 27.5 Å². The Hall–Kier alpha value is -0.870. The molecule has 0 spiro atoms. The van der Waals surface area contributed by atoms with Crippen molar-refractivity contribution in [2.75, 3.05) is 6.61 Å². The van der Waals surface area contributed by atoms with Crippen LogP contribution in [0.1, 0.15) is 51.8 Å². The summed E-state index contributed by atoms with van der Waals surface area (Å²) in [5.41, 5.74) is 2.47. The third kappa shape index (κ3) is 4.10. The summed E-state index contributed by atoms with van der Waals surface area (Å²) in [5, 5.41) is 17.1. The highest BCUT2D eigenvalue weighted by atomic mass is 16.3. The lowest BCUT2D eigenvalue weighted by molar-refractivity contribution is 0.262. The summed E-state index contributed by atoms with van der Waals surface area (Å²) in [6.07, 6.45) is 3.92. The van der Waals surface area contributed by atoms with Crippen molar-refractivity contribution in [1.82, 2.24) is 15.1 Å². The van der Waals surface area contributed by atoms with Gasteiger partial charge in [0.15, 0.2) is 0 Å². The average molecular weight is 253 g/mol. The minimum atomic E-state index is 0.0664. The van der Waals surface area contributed by atoms with Gasteiger partial charge in [-0.3, -0.25) is 4.68 Å². The number of aliphatic hydroxyl groups is 1. The van der Waals surface area contributed by atoms with Gasteiger partial charge >= 0.3 is 0 Å². The summed E-state index contributed by atoms with van der Waals surface area (Å²) in [6, 6.07) is 0.378. The molecule has 1 aromatic heterocycles. The van der Waals surface area contributed by atoms with E-state index in [0.29, 0.717) is 6.04 Å². The maximum atomic E-state index is 9.00. The van der Waals surface area contributed by atoms with Crippen LogP contribution in [0.2, 0.25) is 0 Å². The Kier molecular flexibility index (Phi) is 5.35. The van der Waals surface area contributed by atoms with Crippen molar-refractivity contribution >= 4 is 0 Å². The number of nitrogens with one attached hydrogen (secondary N) is 1. The van der Waals surface area contributed by atoms with Crippen LogP contribution in [0.5, 0.6) is 0 Å². The zero-order chi connectivity index (χ0) is 13.8. The van der Waals surface area contributed by atoms with Crippen molar-refractivity contribution in [1.29, 1.82) is 0 Å². The standard InChI is InChI=1S/C14H27N3O/c1-6-12(7-8-18)15-9-11-10-17(5)16-13(11)14(2,3)4/h10,12,15,18H,6-9H2,1-5H3. The predicted molar refractivity (Wildman–Crippen MR) is 74.5 cm³/mol. The fourth-order valence-electron chi connectivity index (χ4n) is 2.16. The molecule has 4 nitrogen and oxygen atoms in total. The Balaban J connectivity index is 2.72. The first-order valence-corrected chi connectivity index (χ1v) is 6.75. The van der Waals surface area contributed by atoms with Gasteiger partial charge in [-0.25, -0.2) is 0 Å². The van der Waals surface area contributed by atoms with E-state index in [0.717, 1.165) is 25.1 Å². The summed E-state index contributed by atoms with van der Waals surface area (Å²) in [7, 11) is 1.96. The SMILES string of the molecule is CCC(CCO)NCc1cn(C)nc1C(C)(C)C. The molecular formula is C14H27N3O. The number of aromatic nitrogens is 2. The van der Waals surface area contributed by atoms with Crippen molar-refractivity contribution in [2.24, 2.45) is 7.05 Å². The quantitative estimate of drug-likeness (QED) is 0.815. The number of hydrogen-bond donors (Lipinski definition) is 2. The van der Waals surface area contributed by atoms with Gasteiger partial charge in [-0.2, -0.15) is 5.10 Å². The van der Waals surface area contributed by atoms with Crippen LogP contribution in [0.4, 0.5) is 0 Å². The highest BCUT2D eigenvalue weighted by Crippen LogP contribution is 2.24. The van der Waals surface area contributed by atoms with Gasteiger partial charge in [-0.1, -0.05) is 27.7 Å². The van der Waals surface area contributed by atoms with E-state index in [1.807, 2.05) is 11.7 Å². The smallest absolute Gasteiger partial charge is 0.0722 e. The van der Waals surface area contributed by atoms with E-state index in [9.17, 15) is 0 Å². The van der Waals surface area contributed by atoms with Gasteiger partial charge in [0.1, 0.15) is 0 Å². The topological polar surface area (TPSA) is 50.1 Å². The summed E-state index contributed by atoms with van der Waals surface area (Å²) in [5.74, 6) is 0. The Morgan fingerprint density at radius 2 is 2.11 bits per heavy atom. The second-order valence-corrected chi connectivity index (χ2v) is 5.92. The van der Waals surface area contributed by atoms with Crippen LogP contribution in [0.25, 0.3) is 0 Å². The summed E-state index contributed by atoms with van der Waals surface area (Å²) in [6.45, 7) is 9.75. The minimum absolute atomic E-state index is 0.0664. The second-order valence-electron chi connectivity index (χ2n) is 5.92. The molecule has 4 heteroatoms. The number of aryl methyl sites for hydroxylation is 1. The molecule has 1 heterocycles. The fraction of sp³-hybridized carbons (Fsp3) is 0.786. The van der Waals surface area contributed by atoms with E-state index in [1.165, 1.54) is 5.56 Å². The van der Waals surface area contributed by atoms with Crippen molar-refractivity contribution < 1.29 is 5.11 Å². The molecule has 18 heavy (non-hydrogen) atoms. The van der Waals surface area contributed by atoms with Crippen LogP contribution in [0.3, 0.4) is 0 Å². The Bertz CT molecular complexity index is 366. The van der Waals surface area contributed by atoms with Crippen molar-refractivity contribution in [3.63, 3.8) is 0 Å². The summed E-state index contributed by atoms with van der Waals surface area (Å²) in [4.78, 5) is 0. The van der Waals surface area contributed by atoms with Crippen LogP contribution in [-0.2, 0) is 19.0 Å². The van der Waals surface area contributed by atoms with Gasteiger partial charge in [0.05, 0.1) is 5.69 Å².